The number of methoxy groups -OCH3 is 1. The van der Waals surface area contributed by atoms with Crippen LogP contribution in [-0.4, -0.2) is 36.2 Å². The van der Waals surface area contributed by atoms with E-state index in [9.17, 15) is 9.59 Å². The molecule has 1 amide bonds. The van der Waals surface area contributed by atoms with Gasteiger partial charge in [0.25, 0.3) is 0 Å². The molecule has 1 unspecified atom stereocenters. The number of carbonyl (C=O) groups is 2. The van der Waals surface area contributed by atoms with Gasteiger partial charge in [-0.2, -0.15) is 0 Å². The minimum Gasteiger partial charge on any atom is -0.465 e. The minimum absolute atomic E-state index is 0.215. The van der Waals surface area contributed by atoms with Crippen molar-refractivity contribution in [1.82, 2.24) is 4.90 Å². The lowest BCUT2D eigenvalue weighted by Gasteiger charge is -2.23. The Hall–Kier alpha value is -1.79. The van der Waals surface area contributed by atoms with Crippen LogP contribution in [-0.2, 0) is 15.3 Å². The summed E-state index contributed by atoms with van der Waals surface area (Å²) in [6, 6.07) is 11.8. The predicted octanol–water partition coefficient (Wildman–Crippen LogP) is 4.13. The summed E-state index contributed by atoms with van der Waals surface area (Å²) in [4.78, 5) is 27.3. The Kier molecular flexibility index (Phi) is 6.15. The molecule has 0 aliphatic carbocycles. The Balaban J connectivity index is 1.50. The number of thioether (sulfide) groups is 1. The van der Waals surface area contributed by atoms with E-state index < -0.39 is 0 Å². The van der Waals surface area contributed by atoms with Gasteiger partial charge in [0, 0.05) is 17.2 Å². The summed E-state index contributed by atoms with van der Waals surface area (Å²) < 4.78 is 4.69. The van der Waals surface area contributed by atoms with Gasteiger partial charge < -0.3 is 9.64 Å². The van der Waals surface area contributed by atoms with E-state index in [2.05, 4.69) is 11.4 Å². The first-order chi connectivity index (χ1) is 12.2. The monoisotopic (exact) mass is 375 g/mol. The average Bonchev–Trinajstić information content (AvgIpc) is 3.32. The fourth-order valence-corrected chi connectivity index (χ4v) is 4.78. The molecule has 1 aromatic carbocycles. The third-order valence-electron chi connectivity index (χ3n) is 4.31. The third-order valence-corrected chi connectivity index (χ3v) is 6.28. The maximum Gasteiger partial charge on any atom is 0.337 e. The van der Waals surface area contributed by atoms with Crippen LogP contribution in [0.4, 0.5) is 0 Å². The van der Waals surface area contributed by atoms with Crippen LogP contribution in [0.15, 0.2) is 41.8 Å². The Labute approximate surface area is 156 Å². The number of carbonyl (C=O) groups excluding carboxylic acids is 2. The molecular weight excluding hydrogens is 354 g/mol. The SMILES string of the molecule is COC(=O)c1ccc(CSCC(=O)N2CCCC2c2cccs2)cc1. The largest absolute Gasteiger partial charge is 0.465 e. The smallest absolute Gasteiger partial charge is 0.337 e. The summed E-state index contributed by atoms with van der Waals surface area (Å²) in [7, 11) is 1.37. The zero-order valence-electron chi connectivity index (χ0n) is 14.1. The van der Waals surface area contributed by atoms with E-state index in [1.54, 1.807) is 35.2 Å². The predicted molar refractivity (Wildman–Crippen MR) is 102 cm³/mol. The summed E-state index contributed by atoms with van der Waals surface area (Å²) in [5, 5.41) is 2.07. The lowest BCUT2D eigenvalue weighted by molar-refractivity contribution is -0.129. The lowest BCUT2D eigenvalue weighted by Crippen LogP contribution is -2.31. The molecule has 3 rings (SSSR count). The highest BCUT2D eigenvalue weighted by Gasteiger charge is 2.30. The van der Waals surface area contributed by atoms with Gasteiger partial charge in [-0.3, -0.25) is 4.79 Å². The fourth-order valence-electron chi connectivity index (χ4n) is 3.04. The van der Waals surface area contributed by atoms with Gasteiger partial charge in [-0.05, 0) is 42.0 Å². The Morgan fingerprint density at radius 3 is 2.76 bits per heavy atom. The first kappa shape index (κ1) is 18.0. The van der Waals surface area contributed by atoms with Crippen molar-refractivity contribution in [2.45, 2.75) is 24.6 Å². The molecule has 1 aliphatic rings. The molecule has 1 atom stereocenters. The number of nitrogens with zero attached hydrogens (tertiary/aromatic N) is 1. The second-order valence-corrected chi connectivity index (χ2v) is 7.91. The van der Waals surface area contributed by atoms with Gasteiger partial charge in [0.15, 0.2) is 0 Å². The number of amides is 1. The number of benzene rings is 1. The zero-order chi connectivity index (χ0) is 17.6. The molecule has 0 saturated carbocycles. The molecule has 0 radical (unpaired) electrons. The summed E-state index contributed by atoms with van der Waals surface area (Å²) >= 11 is 3.35. The van der Waals surface area contributed by atoms with Crippen LogP contribution in [0.3, 0.4) is 0 Å². The normalized spacial score (nSPS) is 16.8. The molecule has 4 nitrogen and oxygen atoms in total. The van der Waals surface area contributed by atoms with Gasteiger partial charge >= 0.3 is 5.97 Å². The van der Waals surface area contributed by atoms with Gasteiger partial charge in [-0.1, -0.05) is 18.2 Å². The van der Waals surface area contributed by atoms with Crippen LogP contribution in [0.5, 0.6) is 0 Å². The number of likely N-dealkylation sites (tertiary alicyclic amines) is 1. The molecule has 132 valence electrons. The number of rotatable bonds is 6. The summed E-state index contributed by atoms with van der Waals surface area (Å²) in [6.45, 7) is 0.857. The highest BCUT2D eigenvalue weighted by molar-refractivity contribution is 7.99. The van der Waals surface area contributed by atoms with E-state index in [1.165, 1.54) is 12.0 Å². The fraction of sp³-hybridized carbons (Fsp3) is 0.368. The van der Waals surface area contributed by atoms with Crippen LogP contribution in [0.1, 0.15) is 39.7 Å². The van der Waals surface area contributed by atoms with E-state index >= 15 is 0 Å². The second-order valence-electron chi connectivity index (χ2n) is 5.94. The maximum absolute atomic E-state index is 12.6. The molecule has 0 bridgehead atoms. The van der Waals surface area contributed by atoms with E-state index in [0.29, 0.717) is 11.3 Å². The molecule has 1 fully saturated rings. The second kappa shape index (κ2) is 8.54. The summed E-state index contributed by atoms with van der Waals surface area (Å²) in [5.74, 6) is 1.13. The molecule has 2 aromatic rings. The molecular formula is C19H21NO3S2. The van der Waals surface area contributed by atoms with E-state index in [0.717, 1.165) is 30.7 Å². The standard InChI is InChI=1S/C19H21NO3S2/c1-23-19(22)15-8-6-14(7-9-15)12-24-13-18(21)20-10-2-4-16(20)17-5-3-11-25-17/h3,5-9,11,16H,2,4,10,12-13H2,1H3. The Morgan fingerprint density at radius 2 is 2.08 bits per heavy atom. The topological polar surface area (TPSA) is 46.6 Å². The highest BCUT2D eigenvalue weighted by Crippen LogP contribution is 2.34. The van der Waals surface area contributed by atoms with Gasteiger partial charge in [0.1, 0.15) is 0 Å². The first-order valence-electron chi connectivity index (χ1n) is 8.27. The van der Waals surface area contributed by atoms with Crippen molar-refractivity contribution in [3.8, 4) is 0 Å². The van der Waals surface area contributed by atoms with Crippen LogP contribution < -0.4 is 0 Å². The summed E-state index contributed by atoms with van der Waals surface area (Å²) in [5.41, 5.74) is 1.64. The van der Waals surface area contributed by atoms with E-state index in [-0.39, 0.29) is 17.9 Å². The molecule has 1 saturated heterocycles. The quantitative estimate of drug-likeness (QED) is 0.712. The van der Waals surface area contributed by atoms with Gasteiger partial charge in [-0.15, -0.1) is 23.1 Å². The van der Waals surface area contributed by atoms with Crippen molar-refractivity contribution in [3.63, 3.8) is 0 Å². The van der Waals surface area contributed by atoms with Crippen LogP contribution in [0, 0.1) is 0 Å². The molecule has 2 heterocycles. The van der Waals surface area contributed by atoms with Crippen LogP contribution in [0.25, 0.3) is 0 Å². The van der Waals surface area contributed by atoms with Crippen LogP contribution >= 0.6 is 23.1 Å². The maximum atomic E-state index is 12.6. The van der Waals surface area contributed by atoms with Gasteiger partial charge in [0.2, 0.25) is 5.91 Å². The molecule has 1 aliphatic heterocycles. The molecule has 1 aromatic heterocycles. The van der Waals surface area contributed by atoms with Crippen molar-refractivity contribution >= 4 is 35.0 Å². The number of esters is 1. The van der Waals surface area contributed by atoms with Gasteiger partial charge in [0.05, 0.1) is 24.5 Å². The van der Waals surface area contributed by atoms with Crippen molar-refractivity contribution in [3.05, 3.63) is 57.8 Å². The van der Waals surface area contributed by atoms with Crippen molar-refractivity contribution in [1.29, 1.82) is 0 Å². The van der Waals surface area contributed by atoms with Crippen molar-refractivity contribution in [2.75, 3.05) is 19.4 Å². The number of ether oxygens (including phenoxy) is 1. The number of hydrogen-bond donors (Lipinski definition) is 0. The summed E-state index contributed by atoms with van der Waals surface area (Å²) in [6.07, 6.45) is 2.14. The van der Waals surface area contributed by atoms with Crippen molar-refractivity contribution < 1.29 is 14.3 Å². The molecule has 0 spiro atoms. The first-order valence-corrected chi connectivity index (χ1v) is 10.3. The average molecular weight is 376 g/mol. The highest BCUT2D eigenvalue weighted by atomic mass is 32.2. The van der Waals surface area contributed by atoms with E-state index in [4.69, 9.17) is 4.74 Å². The zero-order valence-corrected chi connectivity index (χ0v) is 15.8. The number of hydrogen-bond acceptors (Lipinski definition) is 5. The third kappa shape index (κ3) is 4.44. The Bertz CT molecular complexity index is 713. The molecule has 25 heavy (non-hydrogen) atoms. The minimum atomic E-state index is -0.331. The Morgan fingerprint density at radius 1 is 1.28 bits per heavy atom. The van der Waals surface area contributed by atoms with E-state index in [1.807, 2.05) is 23.1 Å². The molecule has 6 heteroatoms. The van der Waals surface area contributed by atoms with Crippen LogP contribution in [0.2, 0.25) is 0 Å². The van der Waals surface area contributed by atoms with Crippen molar-refractivity contribution in [2.24, 2.45) is 0 Å². The number of thiophene rings is 1. The molecule has 0 N–H and O–H groups in total. The lowest BCUT2D eigenvalue weighted by atomic mass is 10.1. The van der Waals surface area contributed by atoms with Gasteiger partial charge in [-0.25, -0.2) is 4.79 Å².